The summed E-state index contributed by atoms with van der Waals surface area (Å²) in [5.41, 5.74) is 3.10. The second-order valence-electron chi connectivity index (χ2n) is 16.7. The molecule has 3 atom stereocenters. The molecule has 266 valence electrons. The maximum Gasteiger partial charge on any atom is 0.303 e. The Bertz CT molecular complexity index is 1980. The van der Waals surface area contributed by atoms with Gasteiger partial charge in [-0.2, -0.15) is 0 Å². The number of carboxylic acids is 1. The van der Waals surface area contributed by atoms with Crippen molar-refractivity contribution in [2.45, 2.75) is 86.2 Å². The van der Waals surface area contributed by atoms with Crippen LogP contribution in [0.5, 0.6) is 11.5 Å². The average Bonchev–Trinajstić information content (AvgIpc) is 3.06. The van der Waals surface area contributed by atoms with Crippen LogP contribution in [-0.2, 0) is 11.2 Å². The quantitative estimate of drug-likeness (QED) is 0.128. The van der Waals surface area contributed by atoms with Crippen molar-refractivity contribution in [2.24, 2.45) is 16.2 Å². The van der Waals surface area contributed by atoms with Crippen molar-refractivity contribution in [1.82, 2.24) is 0 Å². The fraction of sp³-hybridized carbons (Fsp3) is 0.348. The molecule has 0 aromatic heterocycles. The first-order valence-corrected chi connectivity index (χ1v) is 17.8. The lowest BCUT2D eigenvalue weighted by molar-refractivity contribution is -0.138. The van der Waals surface area contributed by atoms with Crippen LogP contribution in [-0.4, -0.2) is 22.0 Å². The molecular weight excluding hydrogens is 633 g/mol. The molecule has 0 bridgehead atoms. The van der Waals surface area contributed by atoms with E-state index in [0.29, 0.717) is 23.5 Å². The molecule has 0 heterocycles. The molecule has 5 aromatic rings. The lowest BCUT2D eigenvalue weighted by Crippen LogP contribution is -2.28. The summed E-state index contributed by atoms with van der Waals surface area (Å²) in [5, 5.41) is 23.1. The van der Waals surface area contributed by atoms with Gasteiger partial charge in [-0.3, -0.25) is 9.59 Å². The van der Waals surface area contributed by atoms with E-state index in [1.807, 2.05) is 138 Å². The number of benzene rings is 5. The number of carbonyl (C=O) groups is 2. The number of carboxylic acid groups (broad SMARTS) is 1. The van der Waals surface area contributed by atoms with E-state index >= 15 is 0 Å². The smallest absolute Gasteiger partial charge is 0.303 e. The van der Waals surface area contributed by atoms with Crippen LogP contribution < -0.4 is 4.74 Å². The SMILES string of the molecule is CC(C)(Cc1cccc(C(O)C(c2ccccc2)C(C)(C)C)c1)C(=O)c1c(Oc2ccc(C(CC(=O)O)C(C)(C)C)cc2)ccc2ccccc12. The molecule has 0 aliphatic heterocycles. The van der Waals surface area contributed by atoms with E-state index in [0.717, 1.165) is 33.0 Å². The third-order valence-corrected chi connectivity index (χ3v) is 10.0. The molecule has 5 aromatic carbocycles. The van der Waals surface area contributed by atoms with Crippen molar-refractivity contribution in [3.8, 4) is 11.5 Å². The number of carbonyl (C=O) groups excluding carboxylic acids is 1. The first-order chi connectivity index (χ1) is 24.0. The highest BCUT2D eigenvalue weighted by atomic mass is 16.5. The minimum atomic E-state index is -0.832. The van der Waals surface area contributed by atoms with Gasteiger partial charge < -0.3 is 14.9 Å². The van der Waals surface area contributed by atoms with Gasteiger partial charge in [0.05, 0.1) is 18.1 Å². The monoisotopic (exact) mass is 684 g/mol. The Labute approximate surface area is 303 Å². The van der Waals surface area contributed by atoms with Gasteiger partial charge in [0.2, 0.25) is 0 Å². The van der Waals surface area contributed by atoms with Gasteiger partial charge in [0.1, 0.15) is 11.5 Å². The number of ketones is 1. The summed E-state index contributed by atoms with van der Waals surface area (Å²) in [6, 6.07) is 37.4. The number of rotatable bonds is 12. The zero-order chi connectivity index (χ0) is 37.1. The number of aliphatic hydroxyl groups excluding tert-OH is 1. The van der Waals surface area contributed by atoms with E-state index in [9.17, 15) is 19.8 Å². The molecule has 0 aliphatic carbocycles. The van der Waals surface area contributed by atoms with Gasteiger partial charge in [0, 0.05) is 11.3 Å². The molecule has 5 heteroatoms. The van der Waals surface area contributed by atoms with Gasteiger partial charge in [0.15, 0.2) is 5.78 Å². The Balaban J connectivity index is 1.45. The second-order valence-corrected chi connectivity index (χ2v) is 16.7. The van der Waals surface area contributed by atoms with Crippen LogP contribution in [0.25, 0.3) is 10.8 Å². The lowest BCUT2D eigenvalue weighted by Gasteiger charge is -2.35. The van der Waals surface area contributed by atoms with Crippen molar-refractivity contribution < 1.29 is 24.5 Å². The van der Waals surface area contributed by atoms with Gasteiger partial charge in [-0.15, -0.1) is 0 Å². The van der Waals surface area contributed by atoms with E-state index in [2.05, 4.69) is 32.9 Å². The number of ether oxygens (including phenoxy) is 1. The fourth-order valence-electron chi connectivity index (χ4n) is 7.39. The van der Waals surface area contributed by atoms with Crippen molar-refractivity contribution in [1.29, 1.82) is 0 Å². The normalized spacial score (nSPS) is 14.1. The Morgan fingerprint density at radius 2 is 1.29 bits per heavy atom. The lowest BCUT2D eigenvalue weighted by atomic mass is 9.71. The Morgan fingerprint density at radius 1 is 0.667 bits per heavy atom. The van der Waals surface area contributed by atoms with Crippen LogP contribution in [0.1, 0.15) is 112 Å². The molecule has 3 unspecified atom stereocenters. The van der Waals surface area contributed by atoms with Crippen molar-refractivity contribution in [3.05, 3.63) is 143 Å². The van der Waals surface area contributed by atoms with Gasteiger partial charge in [-0.1, -0.05) is 152 Å². The van der Waals surface area contributed by atoms with Gasteiger partial charge in [0.25, 0.3) is 0 Å². The zero-order valence-corrected chi connectivity index (χ0v) is 31.2. The molecule has 0 aliphatic rings. The van der Waals surface area contributed by atoms with Crippen molar-refractivity contribution in [3.63, 3.8) is 0 Å². The zero-order valence-electron chi connectivity index (χ0n) is 31.2. The topological polar surface area (TPSA) is 83.8 Å². The van der Waals surface area contributed by atoms with E-state index in [4.69, 9.17) is 4.74 Å². The molecule has 51 heavy (non-hydrogen) atoms. The summed E-state index contributed by atoms with van der Waals surface area (Å²) in [4.78, 5) is 26.3. The third kappa shape index (κ3) is 8.77. The number of fused-ring (bicyclic) bond motifs is 1. The van der Waals surface area contributed by atoms with Crippen LogP contribution >= 0.6 is 0 Å². The van der Waals surface area contributed by atoms with Crippen LogP contribution in [0, 0.1) is 16.2 Å². The highest BCUT2D eigenvalue weighted by Gasteiger charge is 2.36. The molecule has 0 fully saturated rings. The first-order valence-electron chi connectivity index (χ1n) is 17.8. The van der Waals surface area contributed by atoms with Crippen LogP contribution in [0.3, 0.4) is 0 Å². The number of aliphatic carboxylic acids is 1. The molecule has 5 nitrogen and oxygen atoms in total. The molecule has 0 radical (unpaired) electrons. The van der Waals surface area contributed by atoms with E-state index in [1.54, 1.807) is 0 Å². The predicted molar refractivity (Wildman–Crippen MR) is 207 cm³/mol. The average molecular weight is 685 g/mol. The van der Waals surface area contributed by atoms with Crippen LogP contribution in [0.15, 0.2) is 115 Å². The first kappa shape index (κ1) is 37.5. The highest BCUT2D eigenvalue weighted by molar-refractivity contribution is 6.12. The highest BCUT2D eigenvalue weighted by Crippen LogP contribution is 2.45. The third-order valence-electron chi connectivity index (χ3n) is 10.0. The largest absolute Gasteiger partial charge is 0.481 e. The van der Waals surface area contributed by atoms with E-state index in [1.165, 1.54) is 0 Å². The molecule has 0 spiro atoms. The molecule has 0 saturated heterocycles. The number of aliphatic hydroxyl groups is 1. The van der Waals surface area contributed by atoms with Gasteiger partial charge in [-0.05, 0) is 74.4 Å². The molecule has 2 N–H and O–H groups in total. The van der Waals surface area contributed by atoms with Crippen molar-refractivity contribution >= 4 is 22.5 Å². The summed E-state index contributed by atoms with van der Waals surface area (Å²) < 4.78 is 6.47. The summed E-state index contributed by atoms with van der Waals surface area (Å²) in [7, 11) is 0. The molecule has 0 saturated carbocycles. The minimum Gasteiger partial charge on any atom is -0.481 e. The molecular formula is C46H52O5. The maximum atomic E-state index is 14.7. The van der Waals surface area contributed by atoms with Gasteiger partial charge in [-0.25, -0.2) is 0 Å². The summed E-state index contributed by atoms with van der Waals surface area (Å²) in [6.45, 7) is 16.5. The van der Waals surface area contributed by atoms with Gasteiger partial charge >= 0.3 is 5.97 Å². The van der Waals surface area contributed by atoms with Crippen molar-refractivity contribution in [2.75, 3.05) is 0 Å². The molecule has 0 amide bonds. The summed E-state index contributed by atoms with van der Waals surface area (Å²) in [5.74, 6) is -0.122. The standard InChI is InChI=1S/C46H52O5/c1-44(2,3)37(28-39(47)48)32-21-24-35(25-22-32)51-38-26-23-31-16-12-13-20-36(31)40(38)43(50)46(7,8)29-30-15-14-19-34(27-30)42(49)41(45(4,5)6)33-17-10-9-11-18-33/h9-27,37,41-42,49H,28-29H2,1-8H3,(H,47,48). The maximum absolute atomic E-state index is 14.7. The summed E-state index contributed by atoms with van der Waals surface area (Å²) >= 11 is 0. The Morgan fingerprint density at radius 3 is 1.92 bits per heavy atom. The van der Waals surface area contributed by atoms with E-state index in [-0.39, 0.29) is 34.9 Å². The van der Waals surface area contributed by atoms with E-state index < -0.39 is 17.5 Å². The van der Waals surface area contributed by atoms with Crippen LogP contribution in [0.4, 0.5) is 0 Å². The summed E-state index contributed by atoms with van der Waals surface area (Å²) in [6.07, 6.45) is -0.222. The number of hydrogen-bond acceptors (Lipinski definition) is 4. The molecule has 5 rings (SSSR count). The predicted octanol–water partition coefficient (Wildman–Crippen LogP) is 11.6. The Hall–Kier alpha value is -4.74. The Kier molecular flexibility index (Phi) is 10.9. The number of Topliss-reactive ketones (excluding diaryl/α,β-unsaturated/α-hetero) is 1. The van der Waals surface area contributed by atoms with Crippen LogP contribution in [0.2, 0.25) is 0 Å². The second kappa shape index (κ2) is 14.9. The minimum absolute atomic E-state index is 0.0359. The fourth-order valence-corrected chi connectivity index (χ4v) is 7.39. The number of hydrogen-bond donors (Lipinski definition) is 2.